The Labute approximate surface area is 103 Å². The van der Waals surface area contributed by atoms with E-state index in [0.29, 0.717) is 17.3 Å². The van der Waals surface area contributed by atoms with Gasteiger partial charge in [-0.1, -0.05) is 33.8 Å². The Hall–Kier alpha value is -1.25. The molecule has 0 saturated heterocycles. The molecule has 0 radical (unpaired) electrons. The Kier molecular flexibility index (Phi) is 4.38. The summed E-state index contributed by atoms with van der Waals surface area (Å²) >= 11 is 0. The third kappa shape index (κ3) is 4.25. The number of nitrogens with one attached hydrogen (secondary N) is 1. The highest BCUT2D eigenvalue weighted by Crippen LogP contribution is 2.28. The zero-order valence-corrected chi connectivity index (χ0v) is 11.2. The fourth-order valence-corrected chi connectivity index (χ4v) is 2.23. The first-order chi connectivity index (χ1) is 7.82. The van der Waals surface area contributed by atoms with Gasteiger partial charge in [-0.2, -0.15) is 0 Å². The molecule has 0 unspecified atom stereocenters. The summed E-state index contributed by atoms with van der Waals surface area (Å²) in [7, 11) is 0. The van der Waals surface area contributed by atoms with Gasteiger partial charge in [0.2, 0.25) is 0 Å². The molecule has 0 saturated carbocycles. The molecule has 1 aromatic carbocycles. The predicted molar refractivity (Wildman–Crippen MR) is 72.5 cm³/mol. The summed E-state index contributed by atoms with van der Waals surface area (Å²) in [5.41, 5.74) is 6.76. The van der Waals surface area contributed by atoms with Crippen molar-refractivity contribution in [3.63, 3.8) is 0 Å². The smallest absolute Gasteiger partial charge is 0.148 e. The Morgan fingerprint density at radius 3 is 2.53 bits per heavy atom. The van der Waals surface area contributed by atoms with Crippen LogP contribution in [0.1, 0.15) is 34.1 Å². The van der Waals surface area contributed by atoms with Crippen molar-refractivity contribution in [1.82, 2.24) is 0 Å². The van der Waals surface area contributed by atoms with Crippen molar-refractivity contribution >= 4 is 11.4 Å². The second kappa shape index (κ2) is 5.39. The van der Waals surface area contributed by atoms with E-state index in [-0.39, 0.29) is 11.2 Å². The van der Waals surface area contributed by atoms with Crippen molar-refractivity contribution in [2.45, 2.75) is 34.1 Å². The number of nitrogens with two attached hydrogens (primary N) is 1. The molecular formula is C14H23FN2. The van der Waals surface area contributed by atoms with Crippen LogP contribution in [0, 0.1) is 17.2 Å². The molecular weight excluding hydrogens is 215 g/mol. The second-order valence-corrected chi connectivity index (χ2v) is 5.82. The summed E-state index contributed by atoms with van der Waals surface area (Å²) in [5, 5.41) is 3.13. The SMILES string of the molecule is CC(C)CC(C)(C)CNc1c(N)cccc1F. The third-order valence-corrected chi connectivity index (χ3v) is 2.75. The predicted octanol–water partition coefficient (Wildman–Crippen LogP) is 3.89. The highest BCUT2D eigenvalue weighted by molar-refractivity contribution is 5.66. The number of hydrogen-bond donors (Lipinski definition) is 2. The van der Waals surface area contributed by atoms with Crippen molar-refractivity contribution in [3.8, 4) is 0 Å². The van der Waals surface area contributed by atoms with Gasteiger partial charge >= 0.3 is 0 Å². The van der Waals surface area contributed by atoms with Crippen LogP contribution in [0.15, 0.2) is 18.2 Å². The Morgan fingerprint density at radius 1 is 1.35 bits per heavy atom. The van der Waals surface area contributed by atoms with Gasteiger partial charge < -0.3 is 11.1 Å². The average molecular weight is 238 g/mol. The van der Waals surface area contributed by atoms with E-state index in [1.54, 1.807) is 12.1 Å². The van der Waals surface area contributed by atoms with Gasteiger partial charge in [0.15, 0.2) is 0 Å². The van der Waals surface area contributed by atoms with Gasteiger partial charge in [0.25, 0.3) is 0 Å². The highest BCUT2D eigenvalue weighted by Gasteiger charge is 2.20. The van der Waals surface area contributed by atoms with Crippen LogP contribution < -0.4 is 11.1 Å². The maximum Gasteiger partial charge on any atom is 0.148 e. The van der Waals surface area contributed by atoms with E-state index in [1.807, 2.05) is 0 Å². The minimum Gasteiger partial charge on any atom is -0.397 e. The molecule has 1 aromatic rings. The van der Waals surface area contributed by atoms with Crippen LogP contribution in [-0.2, 0) is 0 Å². The van der Waals surface area contributed by atoms with Crippen LogP contribution in [0.4, 0.5) is 15.8 Å². The van der Waals surface area contributed by atoms with E-state index in [2.05, 4.69) is 33.0 Å². The lowest BCUT2D eigenvalue weighted by molar-refractivity contribution is 0.306. The number of rotatable bonds is 5. The molecule has 0 aliphatic carbocycles. The molecule has 96 valence electrons. The van der Waals surface area contributed by atoms with Crippen LogP contribution in [0.5, 0.6) is 0 Å². The van der Waals surface area contributed by atoms with Crippen LogP contribution >= 0.6 is 0 Å². The number of nitrogen functional groups attached to an aromatic ring is 1. The number of para-hydroxylation sites is 1. The zero-order chi connectivity index (χ0) is 13.1. The van der Waals surface area contributed by atoms with Gasteiger partial charge in [-0.15, -0.1) is 0 Å². The van der Waals surface area contributed by atoms with E-state index < -0.39 is 0 Å². The van der Waals surface area contributed by atoms with Crippen LogP contribution in [0.2, 0.25) is 0 Å². The van der Waals surface area contributed by atoms with Crippen molar-refractivity contribution in [3.05, 3.63) is 24.0 Å². The first-order valence-electron chi connectivity index (χ1n) is 6.10. The molecule has 3 N–H and O–H groups in total. The molecule has 2 nitrogen and oxygen atoms in total. The Bertz CT molecular complexity index is 352. The molecule has 0 aromatic heterocycles. The molecule has 3 heteroatoms. The fourth-order valence-electron chi connectivity index (χ4n) is 2.23. The number of benzene rings is 1. The van der Waals surface area contributed by atoms with Gasteiger partial charge in [-0.3, -0.25) is 0 Å². The van der Waals surface area contributed by atoms with Crippen molar-refractivity contribution in [2.24, 2.45) is 11.3 Å². The number of anilines is 2. The Morgan fingerprint density at radius 2 is 2.00 bits per heavy atom. The minimum atomic E-state index is -0.287. The lowest BCUT2D eigenvalue weighted by Gasteiger charge is -2.27. The van der Waals surface area contributed by atoms with Crippen molar-refractivity contribution in [2.75, 3.05) is 17.6 Å². The summed E-state index contributed by atoms with van der Waals surface area (Å²) in [6.07, 6.45) is 1.09. The number of hydrogen-bond acceptors (Lipinski definition) is 2. The molecule has 0 bridgehead atoms. The van der Waals surface area contributed by atoms with Gasteiger partial charge in [-0.25, -0.2) is 4.39 Å². The van der Waals surface area contributed by atoms with Crippen LogP contribution in [0.25, 0.3) is 0 Å². The van der Waals surface area contributed by atoms with Gasteiger partial charge in [0, 0.05) is 6.54 Å². The monoisotopic (exact) mass is 238 g/mol. The van der Waals surface area contributed by atoms with Crippen molar-refractivity contribution < 1.29 is 4.39 Å². The Balaban J connectivity index is 2.67. The van der Waals surface area contributed by atoms with E-state index in [9.17, 15) is 4.39 Å². The summed E-state index contributed by atoms with van der Waals surface area (Å²) in [4.78, 5) is 0. The fraction of sp³-hybridized carbons (Fsp3) is 0.571. The van der Waals surface area contributed by atoms with Gasteiger partial charge in [0.05, 0.1) is 11.4 Å². The third-order valence-electron chi connectivity index (χ3n) is 2.75. The van der Waals surface area contributed by atoms with E-state index >= 15 is 0 Å². The van der Waals surface area contributed by atoms with E-state index in [0.717, 1.165) is 13.0 Å². The topological polar surface area (TPSA) is 38.0 Å². The van der Waals surface area contributed by atoms with Crippen molar-refractivity contribution in [1.29, 1.82) is 0 Å². The molecule has 0 spiro atoms. The molecule has 17 heavy (non-hydrogen) atoms. The van der Waals surface area contributed by atoms with Gasteiger partial charge in [0.1, 0.15) is 5.82 Å². The molecule has 1 rings (SSSR count). The number of halogens is 1. The van der Waals surface area contributed by atoms with Crippen LogP contribution in [-0.4, -0.2) is 6.54 Å². The summed E-state index contributed by atoms with van der Waals surface area (Å²) in [6.45, 7) is 9.46. The van der Waals surface area contributed by atoms with Gasteiger partial charge in [-0.05, 0) is 29.9 Å². The maximum absolute atomic E-state index is 13.5. The van der Waals surface area contributed by atoms with Crippen LogP contribution in [0.3, 0.4) is 0 Å². The molecule has 0 aliphatic heterocycles. The summed E-state index contributed by atoms with van der Waals surface area (Å²) in [6, 6.07) is 4.75. The lowest BCUT2D eigenvalue weighted by Crippen LogP contribution is -2.25. The minimum absolute atomic E-state index is 0.128. The summed E-state index contributed by atoms with van der Waals surface area (Å²) < 4.78 is 13.5. The van der Waals surface area contributed by atoms with E-state index in [4.69, 9.17) is 5.73 Å². The summed E-state index contributed by atoms with van der Waals surface area (Å²) in [5.74, 6) is 0.343. The molecule has 0 fully saturated rings. The molecule has 0 atom stereocenters. The zero-order valence-electron chi connectivity index (χ0n) is 11.2. The standard InChI is InChI=1S/C14H23FN2/c1-10(2)8-14(3,4)9-17-13-11(15)6-5-7-12(13)16/h5-7,10,17H,8-9,16H2,1-4H3. The van der Waals surface area contributed by atoms with E-state index in [1.165, 1.54) is 6.07 Å². The first kappa shape index (κ1) is 13.8. The largest absolute Gasteiger partial charge is 0.397 e. The highest BCUT2D eigenvalue weighted by atomic mass is 19.1. The molecule has 0 amide bonds. The quantitative estimate of drug-likeness (QED) is 0.764. The lowest BCUT2D eigenvalue weighted by atomic mass is 9.84. The molecule has 0 aliphatic rings. The average Bonchev–Trinajstić information content (AvgIpc) is 2.14. The maximum atomic E-state index is 13.5. The second-order valence-electron chi connectivity index (χ2n) is 5.82. The molecule has 0 heterocycles. The normalized spacial score (nSPS) is 11.9. The first-order valence-corrected chi connectivity index (χ1v) is 6.10.